The Morgan fingerprint density at radius 2 is 2.06 bits per heavy atom. The molecular formula is C11H14F3N3O. The first-order valence-corrected chi connectivity index (χ1v) is 5.58. The van der Waals surface area contributed by atoms with E-state index in [9.17, 15) is 18.3 Å². The second-order valence-corrected chi connectivity index (χ2v) is 4.58. The van der Waals surface area contributed by atoms with Crippen LogP contribution in [0.2, 0.25) is 0 Å². The molecule has 0 amide bonds. The minimum absolute atomic E-state index is 0.0519. The fourth-order valence-corrected chi connectivity index (χ4v) is 1.98. The normalized spacial score (nSPS) is 18.2. The predicted octanol–water partition coefficient (Wildman–Crippen LogP) is 2.01. The van der Waals surface area contributed by atoms with Crippen LogP contribution in [0.5, 0.6) is 0 Å². The lowest BCUT2D eigenvalue weighted by Crippen LogP contribution is -2.48. The van der Waals surface area contributed by atoms with Crippen molar-refractivity contribution < 1.29 is 18.3 Å². The molecule has 0 bridgehead atoms. The maximum absolute atomic E-state index is 12.6. The number of rotatable bonds is 3. The molecule has 1 heterocycles. The summed E-state index contributed by atoms with van der Waals surface area (Å²) in [5, 5.41) is 12.1. The van der Waals surface area contributed by atoms with Crippen molar-refractivity contribution in [1.29, 1.82) is 0 Å². The topological polar surface area (TPSA) is 71.2 Å². The number of anilines is 2. The molecule has 4 nitrogen and oxygen atoms in total. The molecule has 1 aliphatic carbocycles. The number of alkyl halides is 3. The number of nitrogen functional groups attached to an aromatic ring is 1. The second-order valence-electron chi connectivity index (χ2n) is 4.58. The van der Waals surface area contributed by atoms with E-state index in [2.05, 4.69) is 10.3 Å². The number of hydrogen-bond acceptors (Lipinski definition) is 4. The molecule has 0 atom stereocenters. The minimum Gasteiger partial charge on any atom is -0.394 e. The maximum Gasteiger partial charge on any atom is 0.416 e. The lowest BCUT2D eigenvalue weighted by atomic mass is 9.77. The van der Waals surface area contributed by atoms with Crippen LogP contribution >= 0.6 is 0 Å². The van der Waals surface area contributed by atoms with E-state index in [4.69, 9.17) is 5.73 Å². The third kappa shape index (κ3) is 2.50. The van der Waals surface area contributed by atoms with Crippen molar-refractivity contribution in [2.24, 2.45) is 0 Å². The van der Waals surface area contributed by atoms with Gasteiger partial charge in [-0.3, -0.25) is 0 Å². The summed E-state index contributed by atoms with van der Waals surface area (Å²) in [6, 6.07) is 1.70. The van der Waals surface area contributed by atoms with E-state index in [0.29, 0.717) is 12.8 Å². The number of nitrogens with one attached hydrogen (secondary N) is 1. The van der Waals surface area contributed by atoms with Crippen LogP contribution in [0.1, 0.15) is 24.8 Å². The molecule has 1 fully saturated rings. The molecule has 1 saturated carbocycles. The molecule has 1 aliphatic rings. The smallest absolute Gasteiger partial charge is 0.394 e. The van der Waals surface area contributed by atoms with Gasteiger partial charge in [-0.15, -0.1) is 0 Å². The fourth-order valence-electron chi connectivity index (χ4n) is 1.98. The summed E-state index contributed by atoms with van der Waals surface area (Å²) in [5.74, 6) is -0.143. The van der Waals surface area contributed by atoms with Gasteiger partial charge in [0.05, 0.1) is 17.7 Å². The third-order valence-electron chi connectivity index (χ3n) is 3.18. The van der Waals surface area contributed by atoms with Crippen molar-refractivity contribution in [2.75, 3.05) is 17.7 Å². The molecule has 1 aromatic rings. The average Bonchev–Trinajstić information content (AvgIpc) is 2.21. The van der Waals surface area contributed by atoms with Crippen LogP contribution in [0.25, 0.3) is 0 Å². The van der Waals surface area contributed by atoms with Gasteiger partial charge in [0.2, 0.25) is 0 Å². The molecule has 18 heavy (non-hydrogen) atoms. The third-order valence-corrected chi connectivity index (χ3v) is 3.18. The number of aromatic nitrogens is 1. The number of nitrogens with zero attached hydrogens (tertiary/aromatic N) is 1. The minimum atomic E-state index is -4.46. The number of nitrogens with two attached hydrogens (primary N) is 1. The summed E-state index contributed by atoms with van der Waals surface area (Å²) >= 11 is 0. The lowest BCUT2D eigenvalue weighted by molar-refractivity contribution is -0.137. The van der Waals surface area contributed by atoms with Gasteiger partial charge in [-0.05, 0) is 31.4 Å². The van der Waals surface area contributed by atoms with E-state index < -0.39 is 17.3 Å². The molecule has 1 aromatic heterocycles. The monoisotopic (exact) mass is 261 g/mol. The van der Waals surface area contributed by atoms with E-state index >= 15 is 0 Å². The molecule has 0 radical (unpaired) electrons. The van der Waals surface area contributed by atoms with Gasteiger partial charge >= 0.3 is 6.18 Å². The molecule has 0 aromatic carbocycles. The van der Waals surface area contributed by atoms with Crippen LogP contribution in [0, 0.1) is 0 Å². The Hall–Kier alpha value is -1.50. The molecule has 0 unspecified atom stereocenters. The highest BCUT2D eigenvalue weighted by molar-refractivity contribution is 5.49. The van der Waals surface area contributed by atoms with Crippen molar-refractivity contribution in [3.63, 3.8) is 0 Å². The number of hydrogen-bond donors (Lipinski definition) is 3. The van der Waals surface area contributed by atoms with E-state index in [1.807, 2.05) is 0 Å². The molecule has 2 rings (SSSR count). The maximum atomic E-state index is 12.6. The lowest BCUT2D eigenvalue weighted by Gasteiger charge is -2.41. The standard InChI is InChI=1S/C11H14F3N3O/c12-11(13,14)7-4-8(15)16-9(5-7)17-10(6-18)2-1-3-10/h4-5,18H,1-3,6H2,(H3,15,16,17). The first-order valence-electron chi connectivity index (χ1n) is 5.58. The van der Waals surface area contributed by atoms with Gasteiger partial charge in [0.1, 0.15) is 11.6 Å². The summed E-state index contributed by atoms with van der Waals surface area (Å²) in [5.41, 5.74) is 3.97. The second kappa shape index (κ2) is 4.31. The first-order chi connectivity index (χ1) is 8.35. The van der Waals surface area contributed by atoms with Gasteiger partial charge in [-0.2, -0.15) is 13.2 Å². The average molecular weight is 261 g/mol. The first kappa shape index (κ1) is 12.9. The SMILES string of the molecule is Nc1cc(C(F)(F)F)cc(NC2(CO)CCC2)n1. The summed E-state index contributed by atoms with van der Waals surface area (Å²) in [4.78, 5) is 3.82. The molecule has 7 heteroatoms. The van der Waals surface area contributed by atoms with Gasteiger partial charge in [0, 0.05) is 0 Å². The van der Waals surface area contributed by atoms with Gasteiger partial charge in [-0.25, -0.2) is 4.98 Å². The Morgan fingerprint density at radius 1 is 1.39 bits per heavy atom. The van der Waals surface area contributed by atoms with Crippen molar-refractivity contribution in [3.05, 3.63) is 17.7 Å². The van der Waals surface area contributed by atoms with Gasteiger partial charge in [0.15, 0.2) is 0 Å². The van der Waals surface area contributed by atoms with Crippen LogP contribution in [-0.2, 0) is 6.18 Å². The Kier molecular flexibility index (Phi) is 3.10. The van der Waals surface area contributed by atoms with E-state index in [0.717, 1.165) is 18.6 Å². The number of halogens is 3. The highest BCUT2D eigenvalue weighted by atomic mass is 19.4. The van der Waals surface area contributed by atoms with Gasteiger partial charge in [-0.1, -0.05) is 0 Å². The van der Waals surface area contributed by atoms with E-state index in [1.165, 1.54) is 0 Å². The van der Waals surface area contributed by atoms with Crippen molar-refractivity contribution in [1.82, 2.24) is 4.98 Å². The van der Waals surface area contributed by atoms with E-state index in [-0.39, 0.29) is 18.2 Å². The molecule has 0 saturated heterocycles. The molecule has 100 valence electrons. The highest BCUT2D eigenvalue weighted by Gasteiger charge is 2.37. The van der Waals surface area contributed by atoms with Crippen LogP contribution in [0.3, 0.4) is 0 Å². The molecule has 4 N–H and O–H groups in total. The molecule has 0 spiro atoms. The quantitative estimate of drug-likeness (QED) is 0.778. The Balaban J connectivity index is 2.26. The van der Waals surface area contributed by atoms with Crippen LogP contribution in [-0.4, -0.2) is 22.2 Å². The largest absolute Gasteiger partial charge is 0.416 e. The molecular weight excluding hydrogens is 247 g/mol. The van der Waals surface area contributed by atoms with Gasteiger partial charge in [0.25, 0.3) is 0 Å². The Morgan fingerprint density at radius 3 is 2.50 bits per heavy atom. The van der Waals surface area contributed by atoms with Crippen LogP contribution in [0.15, 0.2) is 12.1 Å². The van der Waals surface area contributed by atoms with Gasteiger partial charge < -0.3 is 16.2 Å². The molecule has 0 aliphatic heterocycles. The predicted molar refractivity (Wildman–Crippen MR) is 60.9 cm³/mol. The highest BCUT2D eigenvalue weighted by Crippen LogP contribution is 2.36. The van der Waals surface area contributed by atoms with Crippen LogP contribution < -0.4 is 11.1 Å². The van der Waals surface area contributed by atoms with Crippen LogP contribution in [0.4, 0.5) is 24.8 Å². The number of pyridine rings is 1. The number of aliphatic hydroxyl groups excluding tert-OH is 1. The van der Waals surface area contributed by atoms with Crippen molar-refractivity contribution in [2.45, 2.75) is 31.0 Å². The van der Waals surface area contributed by atoms with Crippen molar-refractivity contribution >= 4 is 11.6 Å². The summed E-state index contributed by atoms with van der Waals surface area (Å²) in [6.07, 6.45) is -2.11. The zero-order valence-electron chi connectivity index (χ0n) is 9.59. The summed E-state index contributed by atoms with van der Waals surface area (Å²) in [6.45, 7) is -0.134. The Labute approximate surface area is 102 Å². The summed E-state index contributed by atoms with van der Waals surface area (Å²) in [7, 11) is 0. The zero-order chi connectivity index (χ0) is 13.4. The summed E-state index contributed by atoms with van der Waals surface area (Å²) < 4.78 is 37.8. The van der Waals surface area contributed by atoms with Crippen molar-refractivity contribution in [3.8, 4) is 0 Å². The fraction of sp³-hybridized carbons (Fsp3) is 0.545. The zero-order valence-corrected chi connectivity index (χ0v) is 9.59. The van der Waals surface area contributed by atoms with E-state index in [1.54, 1.807) is 0 Å². The Bertz CT molecular complexity index is 438. The number of aliphatic hydroxyl groups is 1.